The Morgan fingerprint density at radius 3 is 3.00 bits per heavy atom. The van der Waals surface area contributed by atoms with E-state index < -0.39 is 0 Å². The maximum absolute atomic E-state index is 4.43. The van der Waals surface area contributed by atoms with Crippen LogP contribution in [-0.4, -0.2) is 35.6 Å². The van der Waals surface area contributed by atoms with E-state index in [1.807, 2.05) is 6.20 Å². The molecule has 1 N–H and O–H groups in total. The highest BCUT2D eigenvalue weighted by molar-refractivity contribution is 9.10. The molecule has 16 heavy (non-hydrogen) atoms. The number of aromatic nitrogens is 1. The van der Waals surface area contributed by atoms with Gasteiger partial charge in [0.05, 0.1) is 5.69 Å². The Kier molecular flexibility index (Phi) is 4.32. The number of nitrogens with one attached hydrogen (secondary N) is 1. The summed E-state index contributed by atoms with van der Waals surface area (Å²) >= 11 is 3.41. The quantitative estimate of drug-likeness (QED) is 0.917. The topological polar surface area (TPSA) is 28.2 Å². The molecule has 1 saturated heterocycles. The molecule has 1 fully saturated rings. The summed E-state index contributed by atoms with van der Waals surface area (Å²) in [6.07, 6.45) is 3.13. The fraction of sp³-hybridized carbons (Fsp3) is 0.583. The normalized spacial score (nSPS) is 20.6. The summed E-state index contributed by atoms with van der Waals surface area (Å²) in [5, 5.41) is 3.41. The lowest BCUT2D eigenvalue weighted by Gasteiger charge is -2.26. The third-order valence-electron chi connectivity index (χ3n) is 3.11. The molecule has 0 spiro atoms. The third-order valence-corrected chi connectivity index (χ3v) is 3.58. The molecule has 0 saturated carbocycles. The first-order valence-corrected chi connectivity index (χ1v) is 6.64. The Morgan fingerprint density at radius 1 is 1.56 bits per heavy atom. The minimum Gasteiger partial charge on any atom is -0.315 e. The molecule has 1 unspecified atom stereocenters. The molecule has 2 rings (SSSR count). The van der Waals surface area contributed by atoms with Gasteiger partial charge in [-0.2, -0.15) is 0 Å². The van der Waals surface area contributed by atoms with Crippen molar-refractivity contribution in [3.8, 4) is 0 Å². The monoisotopic (exact) mass is 283 g/mol. The number of halogens is 1. The molecule has 3 nitrogen and oxygen atoms in total. The van der Waals surface area contributed by atoms with E-state index in [9.17, 15) is 0 Å². The fourth-order valence-electron chi connectivity index (χ4n) is 2.16. The Morgan fingerprint density at radius 2 is 2.44 bits per heavy atom. The van der Waals surface area contributed by atoms with Gasteiger partial charge < -0.3 is 5.32 Å². The highest BCUT2D eigenvalue weighted by Crippen LogP contribution is 2.13. The van der Waals surface area contributed by atoms with Crippen molar-refractivity contribution in [3.63, 3.8) is 0 Å². The summed E-state index contributed by atoms with van der Waals surface area (Å²) in [5.74, 6) is 0. The highest BCUT2D eigenvalue weighted by atomic mass is 79.9. The molecule has 1 atom stereocenters. The summed E-state index contributed by atoms with van der Waals surface area (Å²) in [7, 11) is 0. The van der Waals surface area contributed by atoms with Crippen LogP contribution in [0.1, 0.15) is 19.0 Å². The lowest BCUT2D eigenvalue weighted by atomic mass is 10.2. The van der Waals surface area contributed by atoms with Crippen LogP contribution in [0.4, 0.5) is 0 Å². The molecule has 1 aliphatic rings. The largest absolute Gasteiger partial charge is 0.315 e. The van der Waals surface area contributed by atoms with Crippen LogP contribution in [0, 0.1) is 0 Å². The van der Waals surface area contributed by atoms with E-state index in [1.165, 1.54) is 6.42 Å². The Balaban J connectivity index is 1.97. The van der Waals surface area contributed by atoms with E-state index in [0.29, 0.717) is 6.04 Å². The van der Waals surface area contributed by atoms with Crippen molar-refractivity contribution in [3.05, 3.63) is 28.5 Å². The highest BCUT2D eigenvalue weighted by Gasteiger charge is 2.21. The number of rotatable bonds is 4. The number of hydrogen-bond donors (Lipinski definition) is 1. The van der Waals surface area contributed by atoms with Gasteiger partial charge in [0.2, 0.25) is 0 Å². The lowest BCUT2D eigenvalue weighted by Crippen LogP contribution is -2.36. The Bertz CT molecular complexity index is 320. The second-order valence-corrected chi connectivity index (χ2v) is 5.09. The molecule has 0 bridgehead atoms. The van der Waals surface area contributed by atoms with Gasteiger partial charge >= 0.3 is 0 Å². The summed E-state index contributed by atoms with van der Waals surface area (Å²) < 4.78 is 1.04. The van der Waals surface area contributed by atoms with Gasteiger partial charge in [-0.1, -0.05) is 6.92 Å². The maximum atomic E-state index is 4.43. The molecular weight excluding hydrogens is 266 g/mol. The molecule has 1 aliphatic heterocycles. The van der Waals surface area contributed by atoms with Crippen molar-refractivity contribution >= 4 is 15.9 Å². The second kappa shape index (κ2) is 5.75. The van der Waals surface area contributed by atoms with Crippen molar-refractivity contribution in [2.45, 2.75) is 25.9 Å². The molecule has 0 amide bonds. The van der Waals surface area contributed by atoms with Crippen molar-refractivity contribution in [2.24, 2.45) is 0 Å². The summed E-state index contributed by atoms with van der Waals surface area (Å²) in [4.78, 5) is 6.92. The van der Waals surface area contributed by atoms with Gasteiger partial charge in [-0.15, -0.1) is 0 Å². The summed E-state index contributed by atoms with van der Waals surface area (Å²) in [6.45, 7) is 6.52. The van der Waals surface area contributed by atoms with Gasteiger partial charge in [-0.05, 0) is 47.6 Å². The van der Waals surface area contributed by atoms with Crippen LogP contribution >= 0.6 is 15.9 Å². The van der Waals surface area contributed by atoms with Gasteiger partial charge in [-0.25, -0.2) is 0 Å². The third kappa shape index (κ3) is 3.03. The lowest BCUT2D eigenvalue weighted by molar-refractivity contribution is 0.208. The van der Waals surface area contributed by atoms with E-state index >= 15 is 0 Å². The molecule has 4 heteroatoms. The first-order valence-electron chi connectivity index (χ1n) is 5.85. The number of hydrogen-bond acceptors (Lipinski definition) is 3. The number of pyridine rings is 1. The zero-order valence-corrected chi connectivity index (χ0v) is 11.2. The molecule has 2 heterocycles. The first kappa shape index (κ1) is 12.0. The van der Waals surface area contributed by atoms with Gasteiger partial charge in [0.1, 0.15) is 0 Å². The van der Waals surface area contributed by atoms with Crippen LogP contribution in [0.5, 0.6) is 0 Å². The van der Waals surface area contributed by atoms with Crippen molar-refractivity contribution in [2.75, 3.05) is 19.6 Å². The second-order valence-electron chi connectivity index (χ2n) is 4.18. The molecule has 1 aromatic heterocycles. The van der Waals surface area contributed by atoms with Gasteiger partial charge in [-0.3, -0.25) is 9.88 Å². The minimum absolute atomic E-state index is 0.676. The van der Waals surface area contributed by atoms with E-state index in [4.69, 9.17) is 0 Å². The average Bonchev–Trinajstić information content (AvgIpc) is 2.82. The summed E-state index contributed by atoms with van der Waals surface area (Å²) in [6, 6.07) is 4.83. The van der Waals surface area contributed by atoms with Crippen LogP contribution in [0.15, 0.2) is 22.8 Å². The number of nitrogens with zero attached hydrogens (tertiary/aromatic N) is 2. The maximum Gasteiger partial charge on any atom is 0.0544 e. The smallest absolute Gasteiger partial charge is 0.0544 e. The predicted molar refractivity (Wildman–Crippen MR) is 69.3 cm³/mol. The van der Waals surface area contributed by atoms with Crippen LogP contribution < -0.4 is 5.32 Å². The number of likely N-dealkylation sites (N-methyl/N-ethyl adjacent to an activating group) is 1. The molecule has 0 aromatic carbocycles. The van der Waals surface area contributed by atoms with E-state index in [-0.39, 0.29) is 0 Å². The molecular formula is C12H18BrN3. The molecule has 1 aromatic rings. The van der Waals surface area contributed by atoms with Crippen LogP contribution in [0.3, 0.4) is 0 Å². The van der Waals surface area contributed by atoms with Gasteiger partial charge in [0, 0.05) is 29.8 Å². The van der Waals surface area contributed by atoms with Crippen LogP contribution in [0.2, 0.25) is 0 Å². The van der Waals surface area contributed by atoms with Crippen LogP contribution in [-0.2, 0) is 6.54 Å². The SMILES string of the molecule is CCN(Cc1ccc(Br)cn1)C1CCNC1. The minimum atomic E-state index is 0.676. The van der Waals surface area contributed by atoms with E-state index in [2.05, 4.69) is 50.2 Å². The van der Waals surface area contributed by atoms with E-state index in [0.717, 1.165) is 36.3 Å². The van der Waals surface area contributed by atoms with Gasteiger partial charge in [0.15, 0.2) is 0 Å². The first-order chi connectivity index (χ1) is 7.79. The Labute approximate surface area is 105 Å². The van der Waals surface area contributed by atoms with Crippen LogP contribution in [0.25, 0.3) is 0 Å². The fourth-order valence-corrected chi connectivity index (χ4v) is 2.39. The van der Waals surface area contributed by atoms with Gasteiger partial charge in [0.25, 0.3) is 0 Å². The average molecular weight is 284 g/mol. The van der Waals surface area contributed by atoms with Crippen molar-refractivity contribution < 1.29 is 0 Å². The zero-order valence-electron chi connectivity index (χ0n) is 9.62. The predicted octanol–water partition coefficient (Wildman–Crippen LogP) is 2.03. The van der Waals surface area contributed by atoms with E-state index in [1.54, 1.807) is 0 Å². The van der Waals surface area contributed by atoms with Crippen molar-refractivity contribution in [1.82, 2.24) is 15.2 Å². The zero-order chi connectivity index (χ0) is 11.4. The van der Waals surface area contributed by atoms with Crippen molar-refractivity contribution in [1.29, 1.82) is 0 Å². The molecule has 0 radical (unpaired) electrons. The molecule has 88 valence electrons. The summed E-state index contributed by atoms with van der Waals surface area (Å²) in [5.41, 5.74) is 1.15. The standard InChI is InChI=1S/C12H18BrN3/c1-2-16(12-5-6-14-8-12)9-11-4-3-10(13)7-15-11/h3-4,7,12,14H,2,5-6,8-9H2,1H3. The molecule has 0 aliphatic carbocycles. The Hall–Kier alpha value is -0.450.